The molecule has 0 radical (unpaired) electrons. The van der Waals surface area contributed by atoms with Crippen molar-refractivity contribution in [3.8, 4) is 5.82 Å². The molecule has 0 saturated heterocycles. The van der Waals surface area contributed by atoms with Crippen LogP contribution in [-0.4, -0.2) is 26.3 Å². The quantitative estimate of drug-likeness (QED) is 0.797. The van der Waals surface area contributed by atoms with Gasteiger partial charge in [-0.3, -0.25) is 0 Å². The van der Waals surface area contributed by atoms with Crippen LogP contribution in [0.5, 0.6) is 0 Å². The molecule has 21 heavy (non-hydrogen) atoms. The summed E-state index contributed by atoms with van der Waals surface area (Å²) in [4.78, 5) is 9.45. The van der Waals surface area contributed by atoms with Crippen molar-refractivity contribution < 1.29 is 0 Å². The first kappa shape index (κ1) is 16.2. The minimum absolute atomic E-state index is 0.106. The lowest BCUT2D eigenvalue weighted by Gasteiger charge is -2.20. The van der Waals surface area contributed by atoms with Crippen LogP contribution in [0.4, 0.5) is 5.82 Å². The van der Waals surface area contributed by atoms with Crippen LogP contribution in [0.1, 0.15) is 45.5 Å². The molecule has 2 aromatic heterocycles. The summed E-state index contributed by atoms with van der Waals surface area (Å²) in [6, 6.07) is 0. The summed E-state index contributed by atoms with van der Waals surface area (Å²) in [6.07, 6.45) is 4.87. The molecule has 0 bridgehead atoms. The van der Waals surface area contributed by atoms with Crippen molar-refractivity contribution >= 4 is 28.4 Å². The van der Waals surface area contributed by atoms with Crippen molar-refractivity contribution in [1.29, 1.82) is 0 Å². The third-order valence-electron chi connectivity index (χ3n) is 3.10. The van der Waals surface area contributed by atoms with E-state index in [1.807, 2.05) is 24.0 Å². The maximum absolute atomic E-state index is 4.74. The van der Waals surface area contributed by atoms with E-state index in [1.54, 1.807) is 0 Å². The molecule has 2 aromatic rings. The van der Waals surface area contributed by atoms with Gasteiger partial charge in [0.1, 0.15) is 11.6 Å². The zero-order valence-corrected chi connectivity index (χ0v) is 15.4. The van der Waals surface area contributed by atoms with Gasteiger partial charge in [-0.1, -0.05) is 27.7 Å². The molecule has 0 aromatic carbocycles. The Balaban J connectivity index is 2.57. The number of nitrogens with zero attached hydrogens (tertiary/aromatic N) is 4. The number of nitrogens with one attached hydrogen (secondary N) is 1. The maximum Gasteiger partial charge on any atom is 0.162 e. The van der Waals surface area contributed by atoms with Gasteiger partial charge in [0.05, 0.1) is 9.77 Å². The summed E-state index contributed by atoms with van der Waals surface area (Å²) in [5.41, 5.74) is 0.918. The largest absolute Gasteiger partial charge is 0.370 e. The smallest absolute Gasteiger partial charge is 0.162 e. The standard InChI is InChI=1S/C15H22IN5/c1-6-7-17-12-10(2)13(21-9-11(16)8-18-21)20-14(19-12)15(3,4)5/h8-9H,6-7H2,1-5H3,(H,17,19,20). The van der Waals surface area contributed by atoms with Crippen molar-refractivity contribution in [3.63, 3.8) is 0 Å². The van der Waals surface area contributed by atoms with Gasteiger partial charge in [0, 0.05) is 23.7 Å². The van der Waals surface area contributed by atoms with Crippen molar-refractivity contribution in [1.82, 2.24) is 19.7 Å². The van der Waals surface area contributed by atoms with E-state index >= 15 is 0 Å². The molecule has 114 valence electrons. The third kappa shape index (κ3) is 3.72. The topological polar surface area (TPSA) is 55.6 Å². The third-order valence-corrected chi connectivity index (χ3v) is 3.66. The highest BCUT2D eigenvalue weighted by atomic mass is 127. The molecular weight excluding hydrogens is 377 g/mol. The second-order valence-corrected chi connectivity index (χ2v) is 7.37. The molecule has 0 saturated carbocycles. The molecule has 0 unspecified atom stereocenters. The van der Waals surface area contributed by atoms with Crippen molar-refractivity contribution in [2.24, 2.45) is 0 Å². The Labute approximate surface area is 139 Å². The molecule has 0 spiro atoms. The van der Waals surface area contributed by atoms with Crippen molar-refractivity contribution in [2.75, 3.05) is 11.9 Å². The SMILES string of the molecule is CCCNc1nc(C(C)(C)C)nc(-n2cc(I)cn2)c1C. The van der Waals surface area contributed by atoms with E-state index < -0.39 is 0 Å². The number of rotatable bonds is 4. The first-order chi connectivity index (χ1) is 9.82. The van der Waals surface area contributed by atoms with Gasteiger partial charge in [-0.05, 0) is 35.9 Å². The zero-order valence-electron chi connectivity index (χ0n) is 13.2. The van der Waals surface area contributed by atoms with Crippen molar-refractivity contribution in [3.05, 3.63) is 27.4 Å². The zero-order chi connectivity index (χ0) is 15.6. The molecule has 0 fully saturated rings. The second kappa shape index (κ2) is 6.29. The summed E-state index contributed by atoms with van der Waals surface area (Å²) in [7, 11) is 0. The lowest BCUT2D eigenvalue weighted by Crippen LogP contribution is -2.20. The Bertz CT molecular complexity index is 627. The van der Waals surface area contributed by atoms with E-state index in [0.29, 0.717) is 0 Å². The fraction of sp³-hybridized carbons (Fsp3) is 0.533. The molecule has 6 heteroatoms. The highest BCUT2D eigenvalue weighted by Gasteiger charge is 2.22. The number of hydrogen-bond acceptors (Lipinski definition) is 4. The maximum atomic E-state index is 4.74. The molecule has 0 aliphatic carbocycles. The van der Waals surface area contributed by atoms with E-state index in [9.17, 15) is 0 Å². The fourth-order valence-electron chi connectivity index (χ4n) is 1.90. The minimum Gasteiger partial charge on any atom is -0.370 e. The van der Waals surface area contributed by atoms with Gasteiger partial charge in [0.2, 0.25) is 0 Å². The summed E-state index contributed by atoms with van der Waals surface area (Å²) in [5.74, 6) is 2.57. The van der Waals surface area contributed by atoms with E-state index in [0.717, 1.165) is 39.6 Å². The molecule has 0 atom stereocenters. The van der Waals surface area contributed by atoms with Crippen LogP contribution in [-0.2, 0) is 5.41 Å². The van der Waals surface area contributed by atoms with Crippen LogP contribution in [0.15, 0.2) is 12.4 Å². The number of aromatic nitrogens is 4. The molecular formula is C15H22IN5. The first-order valence-corrected chi connectivity index (χ1v) is 8.24. The summed E-state index contributed by atoms with van der Waals surface area (Å²) < 4.78 is 2.91. The van der Waals surface area contributed by atoms with Gasteiger partial charge in [-0.2, -0.15) is 5.10 Å². The van der Waals surface area contributed by atoms with Gasteiger partial charge in [-0.15, -0.1) is 0 Å². The van der Waals surface area contributed by atoms with Crippen molar-refractivity contribution in [2.45, 2.75) is 46.5 Å². The molecule has 0 aliphatic rings. The average molecular weight is 399 g/mol. The Hall–Kier alpha value is -1.18. The van der Waals surface area contributed by atoms with Gasteiger partial charge in [0.15, 0.2) is 5.82 Å². The van der Waals surface area contributed by atoms with Crippen LogP contribution in [0.3, 0.4) is 0 Å². The lowest BCUT2D eigenvalue weighted by atomic mass is 9.95. The van der Waals surface area contributed by atoms with Crippen LogP contribution >= 0.6 is 22.6 Å². The Morgan fingerprint density at radius 2 is 2.00 bits per heavy atom. The van der Waals surface area contributed by atoms with E-state index in [2.05, 4.69) is 60.7 Å². The second-order valence-electron chi connectivity index (χ2n) is 6.12. The number of anilines is 1. The van der Waals surface area contributed by atoms with Crippen LogP contribution in [0.2, 0.25) is 0 Å². The lowest BCUT2D eigenvalue weighted by molar-refractivity contribution is 0.542. The predicted octanol–water partition coefficient (Wildman–Crippen LogP) is 3.69. The van der Waals surface area contributed by atoms with Gasteiger partial charge in [-0.25, -0.2) is 14.6 Å². The van der Waals surface area contributed by atoms with Crippen LogP contribution < -0.4 is 5.32 Å². The van der Waals surface area contributed by atoms with Crippen LogP contribution in [0.25, 0.3) is 5.82 Å². The minimum atomic E-state index is -0.106. The summed E-state index contributed by atoms with van der Waals surface area (Å²) >= 11 is 2.25. The molecule has 0 aliphatic heterocycles. The Morgan fingerprint density at radius 3 is 2.52 bits per heavy atom. The van der Waals surface area contributed by atoms with Crippen LogP contribution in [0, 0.1) is 10.5 Å². The Morgan fingerprint density at radius 1 is 1.29 bits per heavy atom. The predicted molar refractivity (Wildman–Crippen MR) is 94.1 cm³/mol. The summed E-state index contributed by atoms with van der Waals surface area (Å²) in [5, 5.41) is 7.78. The van der Waals surface area contributed by atoms with E-state index in [1.165, 1.54) is 0 Å². The molecule has 5 nitrogen and oxygen atoms in total. The van der Waals surface area contributed by atoms with E-state index in [4.69, 9.17) is 9.97 Å². The molecule has 2 heterocycles. The number of hydrogen-bond donors (Lipinski definition) is 1. The van der Waals surface area contributed by atoms with Gasteiger partial charge >= 0.3 is 0 Å². The molecule has 0 amide bonds. The van der Waals surface area contributed by atoms with E-state index in [-0.39, 0.29) is 5.41 Å². The monoisotopic (exact) mass is 399 g/mol. The highest BCUT2D eigenvalue weighted by molar-refractivity contribution is 14.1. The normalized spacial score (nSPS) is 11.7. The summed E-state index contributed by atoms with van der Waals surface area (Å²) in [6.45, 7) is 11.4. The molecule has 1 N–H and O–H groups in total. The first-order valence-electron chi connectivity index (χ1n) is 7.16. The average Bonchev–Trinajstić information content (AvgIpc) is 2.82. The Kier molecular flexibility index (Phi) is 4.85. The highest BCUT2D eigenvalue weighted by Crippen LogP contribution is 2.25. The van der Waals surface area contributed by atoms with Gasteiger partial charge in [0.25, 0.3) is 0 Å². The fourth-order valence-corrected chi connectivity index (χ4v) is 2.28. The molecule has 2 rings (SSSR count). The number of halogens is 1. The van der Waals surface area contributed by atoms with Gasteiger partial charge < -0.3 is 5.32 Å².